The number of hydrogen-bond acceptors (Lipinski definition) is 2. The number of hydrogen-bond donors (Lipinski definition) is 2. The van der Waals surface area contributed by atoms with Crippen LogP contribution in [0.15, 0.2) is 54.8 Å². The van der Waals surface area contributed by atoms with Gasteiger partial charge in [-0.2, -0.15) is 0 Å². The molecule has 2 heterocycles. The largest absolute Gasteiger partial charge is 0.347 e. The summed E-state index contributed by atoms with van der Waals surface area (Å²) in [6, 6.07) is 8.00. The van der Waals surface area contributed by atoms with E-state index in [1.807, 2.05) is 24.5 Å². The van der Waals surface area contributed by atoms with E-state index in [2.05, 4.69) is 33.9 Å². The molecule has 1 aromatic carbocycles. The zero-order valence-corrected chi connectivity index (χ0v) is 9.96. The van der Waals surface area contributed by atoms with Crippen molar-refractivity contribution in [3.8, 4) is 0 Å². The summed E-state index contributed by atoms with van der Waals surface area (Å²) >= 11 is 6.22. The second-order valence-corrected chi connectivity index (χ2v) is 4.45. The zero-order valence-electron chi connectivity index (χ0n) is 9.20. The third kappa shape index (κ3) is 1.78. The van der Waals surface area contributed by atoms with Crippen LogP contribution in [-0.4, -0.2) is 4.57 Å². The molecule has 17 heavy (non-hydrogen) atoms. The van der Waals surface area contributed by atoms with Crippen LogP contribution in [0.5, 0.6) is 0 Å². The molecule has 3 rings (SSSR count). The Morgan fingerprint density at radius 2 is 2.18 bits per heavy atom. The van der Waals surface area contributed by atoms with E-state index in [0.29, 0.717) is 0 Å². The first-order valence-corrected chi connectivity index (χ1v) is 5.77. The highest BCUT2D eigenvalue weighted by Gasteiger charge is 2.10. The van der Waals surface area contributed by atoms with Crippen molar-refractivity contribution in [1.29, 1.82) is 0 Å². The van der Waals surface area contributed by atoms with Crippen LogP contribution in [0.1, 0.15) is 0 Å². The Labute approximate surface area is 104 Å². The highest BCUT2D eigenvalue weighted by Crippen LogP contribution is 2.25. The molecule has 0 unspecified atom stereocenters. The van der Waals surface area contributed by atoms with Gasteiger partial charge in [0.05, 0.1) is 28.6 Å². The first-order valence-electron chi connectivity index (χ1n) is 5.39. The molecule has 1 aliphatic heterocycles. The number of nitrogens with zero attached hydrogens (tertiary/aromatic N) is 1. The van der Waals surface area contributed by atoms with E-state index in [-0.39, 0.29) is 0 Å². The van der Waals surface area contributed by atoms with Gasteiger partial charge < -0.3 is 15.2 Å². The fraction of sp³-hybridized carbons (Fsp3) is 0.0769. The van der Waals surface area contributed by atoms with Crippen LogP contribution >= 0.6 is 11.6 Å². The van der Waals surface area contributed by atoms with Crippen LogP contribution in [0.2, 0.25) is 5.02 Å². The third-order valence-electron chi connectivity index (χ3n) is 2.81. The summed E-state index contributed by atoms with van der Waals surface area (Å²) in [5, 5.41) is 8.13. The molecule has 2 N–H and O–H groups in total. The first kappa shape index (κ1) is 10.3. The minimum Gasteiger partial charge on any atom is -0.347 e. The van der Waals surface area contributed by atoms with Gasteiger partial charge in [-0.3, -0.25) is 0 Å². The molecule has 0 atom stereocenters. The Morgan fingerprint density at radius 3 is 2.94 bits per heavy atom. The Hall–Kier alpha value is -1.87. The molecule has 0 fully saturated rings. The molecule has 0 aliphatic carbocycles. The van der Waals surface area contributed by atoms with Crippen molar-refractivity contribution in [2.45, 2.75) is 6.54 Å². The summed E-state index contributed by atoms with van der Waals surface area (Å²) in [4.78, 5) is 0. The van der Waals surface area contributed by atoms with Crippen molar-refractivity contribution in [2.24, 2.45) is 0 Å². The lowest BCUT2D eigenvalue weighted by Crippen LogP contribution is -2.13. The Morgan fingerprint density at radius 1 is 1.29 bits per heavy atom. The molecule has 0 spiro atoms. The van der Waals surface area contributed by atoms with E-state index >= 15 is 0 Å². The minimum atomic E-state index is 0.749. The summed E-state index contributed by atoms with van der Waals surface area (Å²) in [5.74, 6) is 0.808. The third-order valence-corrected chi connectivity index (χ3v) is 3.12. The van der Waals surface area contributed by atoms with Crippen LogP contribution < -0.4 is 10.6 Å². The Bertz CT molecular complexity index is 625. The number of nitrogens with one attached hydrogen (secondary N) is 2. The summed E-state index contributed by atoms with van der Waals surface area (Å²) in [6.45, 7) is 4.55. The topological polar surface area (TPSA) is 29.0 Å². The van der Waals surface area contributed by atoms with Crippen molar-refractivity contribution >= 4 is 22.5 Å². The fourth-order valence-electron chi connectivity index (χ4n) is 2.05. The lowest BCUT2D eigenvalue weighted by Gasteiger charge is -2.08. The van der Waals surface area contributed by atoms with E-state index in [1.54, 1.807) is 0 Å². The zero-order chi connectivity index (χ0) is 11.8. The molecule has 0 bridgehead atoms. The number of rotatable bonds is 2. The molecule has 86 valence electrons. The maximum absolute atomic E-state index is 6.22. The van der Waals surface area contributed by atoms with Crippen molar-refractivity contribution in [3.63, 3.8) is 0 Å². The van der Waals surface area contributed by atoms with E-state index < -0.39 is 0 Å². The number of halogens is 1. The summed E-state index contributed by atoms with van der Waals surface area (Å²) < 4.78 is 2.12. The number of para-hydroxylation sites is 1. The molecule has 0 saturated heterocycles. The van der Waals surface area contributed by atoms with Gasteiger partial charge in [-0.1, -0.05) is 30.3 Å². The Kier molecular flexibility index (Phi) is 2.34. The normalized spacial score (nSPS) is 14.6. The molecule has 1 aliphatic rings. The van der Waals surface area contributed by atoms with Gasteiger partial charge in [-0.25, -0.2) is 0 Å². The van der Waals surface area contributed by atoms with Gasteiger partial charge in [0.25, 0.3) is 0 Å². The second-order valence-electron chi connectivity index (χ2n) is 4.04. The lowest BCUT2D eigenvalue weighted by molar-refractivity contribution is 0.772. The lowest BCUT2D eigenvalue weighted by atomic mass is 10.2. The van der Waals surface area contributed by atoms with Crippen LogP contribution in [0.4, 0.5) is 0 Å². The van der Waals surface area contributed by atoms with Gasteiger partial charge in [0.2, 0.25) is 0 Å². The van der Waals surface area contributed by atoms with E-state index in [9.17, 15) is 0 Å². The maximum Gasteiger partial charge on any atom is 0.0996 e. The molecular weight excluding hydrogens is 234 g/mol. The number of benzene rings is 1. The van der Waals surface area contributed by atoms with Crippen LogP contribution in [0, 0.1) is 0 Å². The van der Waals surface area contributed by atoms with Gasteiger partial charge >= 0.3 is 0 Å². The van der Waals surface area contributed by atoms with Crippen molar-refractivity contribution in [2.75, 3.05) is 0 Å². The number of aromatic nitrogens is 1. The number of allylic oxidation sites excluding steroid dienone is 1. The van der Waals surface area contributed by atoms with Crippen molar-refractivity contribution in [1.82, 2.24) is 15.2 Å². The van der Waals surface area contributed by atoms with Gasteiger partial charge in [0.1, 0.15) is 0 Å². The van der Waals surface area contributed by atoms with Crippen molar-refractivity contribution < 1.29 is 0 Å². The van der Waals surface area contributed by atoms with E-state index in [1.165, 1.54) is 0 Å². The van der Waals surface area contributed by atoms with Crippen LogP contribution in [-0.2, 0) is 6.54 Å². The SMILES string of the molecule is C=C1NC=C(Cn2ccc3cccc(Cl)c32)N1. The molecule has 4 heteroatoms. The standard InChI is InChI=1S/C13H12ClN3/c1-9-15-7-11(16-9)8-17-6-5-10-3-2-4-12(14)13(10)17/h2-7,15-16H,1,8H2. The predicted molar refractivity (Wildman–Crippen MR) is 70.4 cm³/mol. The van der Waals surface area contributed by atoms with Crippen LogP contribution in [0.25, 0.3) is 10.9 Å². The molecule has 1 aromatic heterocycles. The smallest absolute Gasteiger partial charge is 0.0996 e. The maximum atomic E-state index is 6.22. The van der Waals surface area contributed by atoms with Crippen molar-refractivity contribution in [3.05, 3.63) is 59.8 Å². The highest BCUT2D eigenvalue weighted by molar-refractivity contribution is 6.35. The summed E-state index contributed by atoms with van der Waals surface area (Å²) in [6.07, 6.45) is 3.96. The first-order chi connectivity index (χ1) is 8.24. The molecule has 0 amide bonds. The van der Waals surface area contributed by atoms with Gasteiger partial charge in [0.15, 0.2) is 0 Å². The fourth-order valence-corrected chi connectivity index (χ4v) is 2.35. The molecule has 2 aromatic rings. The molecule has 0 saturated carbocycles. The van der Waals surface area contributed by atoms with Gasteiger partial charge in [0, 0.05) is 17.8 Å². The average molecular weight is 246 g/mol. The average Bonchev–Trinajstić information content (AvgIpc) is 2.88. The summed E-state index contributed by atoms with van der Waals surface area (Å²) in [5.41, 5.74) is 2.14. The quantitative estimate of drug-likeness (QED) is 0.852. The van der Waals surface area contributed by atoms with E-state index in [0.717, 1.165) is 34.0 Å². The minimum absolute atomic E-state index is 0.749. The molecular formula is C13H12ClN3. The second kappa shape index (κ2) is 3.86. The summed E-state index contributed by atoms with van der Waals surface area (Å²) in [7, 11) is 0. The molecule has 3 nitrogen and oxygen atoms in total. The van der Waals surface area contributed by atoms with Crippen LogP contribution in [0.3, 0.4) is 0 Å². The van der Waals surface area contributed by atoms with E-state index in [4.69, 9.17) is 11.6 Å². The highest BCUT2D eigenvalue weighted by atomic mass is 35.5. The van der Waals surface area contributed by atoms with Gasteiger partial charge in [-0.05, 0) is 12.1 Å². The predicted octanol–water partition coefficient (Wildman–Crippen LogP) is 2.80. The monoisotopic (exact) mass is 245 g/mol. The number of fused-ring (bicyclic) bond motifs is 1. The molecule has 0 radical (unpaired) electrons. The van der Waals surface area contributed by atoms with Gasteiger partial charge in [-0.15, -0.1) is 0 Å². The Balaban J connectivity index is 1.98.